The number of quaternary nitrogens is 1. The lowest BCUT2D eigenvalue weighted by atomic mass is 10.2. The first kappa shape index (κ1) is 15.6. The van der Waals surface area contributed by atoms with Crippen molar-refractivity contribution in [3.63, 3.8) is 0 Å². The van der Waals surface area contributed by atoms with Crippen LogP contribution in [-0.4, -0.2) is 26.2 Å². The fourth-order valence-electron chi connectivity index (χ4n) is 2.89. The number of halogens is 3. The first-order valence-corrected chi connectivity index (χ1v) is 8.16. The van der Waals surface area contributed by atoms with Gasteiger partial charge < -0.3 is 9.80 Å². The first-order chi connectivity index (χ1) is 10.6. The Kier molecular flexibility index (Phi) is 4.87. The summed E-state index contributed by atoms with van der Waals surface area (Å²) in [4.78, 5) is 3.60. The Morgan fingerprint density at radius 3 is 2.41 bits per heavy atom. The van der Waals surface area contributed by atoms with E-state index in [1.54, 1.807) is 6.07 Å². The number of para-hydroxylation sites is 1. The predicted octanol–water partition coefficient (Wildman–Crippen LogP) is 3.04. The van der Waals surface area contributed by atoms with E-state index in [1.807, 2.05) is 30.3 Å². The quantitative estimate of drug-likeness (QED) is 0.903. The molecule has 0 radical (unpaired) electrons. The number of nitrogens with one attached hydrogen (secondary N) is 1. The molecule has 1 aliphatic rings. The van der Waals surface area contributed by atoms with Crippen LogP contribution in [0.3, 0.4) is 0 Å². The van der Waals surface area contributed by atoms with Crippen molar-refractivity contribution in [1.82, 2.24) is 0 Å². The van der Waals surface area contributed by atoms with Gasteiger partial charge in [-0.3, -0.25) is 0 Å². The third-order valence-corrected chi connectivity index (χ3v) is 4.84. The van der Waals surface area contributed by atoms with E-state index in [0.717, 1.165) is 32.7 Å². The van der Waals surface area contributed by atoms with Crippen molar-refractivity contribution < 1.29 is 9.29 Å². The van der Waals surface area contributed by atoms with Crippen molar-refractivity contribution in [1.29, 1.82) is 0 Å². The third-order valence-electron chi connectivity index (χ3n) is 4.10. The number of hydrogen-bond acceptors (Lipinski definition) is 1. The van der Waals surface area contributed by atoms with E-state index < -0.39 is 0 Å². The highest BCUT2D eigenvalue weighted by Gasteiger charge is 2.22. The lowest BCUT2D eigenvalue weighted by Gasteiger charge is -2.33. The summed E-state index contributed by atoms with van der Waals surface area (Å²) in [6, 6.07) is 12.8. The topological polar surface area (TPSA) is 7.68 Å². The summed E-state index contributed by atoms with van der Waals surface area (Å²) in [6.45, 7) is 4.60. The monoisotopic (exact) mass is 339 g/mol. The molecule has 0 spiro atoms. The van der Waals surface area contributed by atoms with Crippen molar-refractivity contribution in [3.8, 4) is 0 Å². The van der Waals surface area contributed by atoms with Gasteiger partial charge in [-0.05, 0) is 24.3 Å². The van der Waals surface area contributed by atoms with Gasteiger partial charge in [0.2, 0.25) is 0 Å². The Hall–Kier alpha value is -1.29. The van der Waals surface area contributed by atoms with Gasteiger partial charge >= 0.3 is 0 Å². The van der Waals surface area contributed by atoms with E-state index in [9.17, 15) is 4.39 Å². The van der Waals surface area contributed by atoms with Crippen LogP contribution >= 0.6 is 23.2 Å². The van der Waals surface area contributed by atoms with Crippen molar-refractivity contribution in [2.45, 2.75) is 6.54 Å². The van der Waals surface area contributed by atoms with Gasteiger partial charge in [0.15, 0.2) is 0 Å². The summed E-state index contributed by atoms with van der Waals surface area (Å²) in [5.41, 5.74) is 1.89. The summed E-state index contributed by atoms with van der Waals surface area (Å²) in [5, 5.41) is 1.19. The van der Waals surface area contributed by atoms with E-state index in [4.69, 9.17) is 23.2 Å². The molecule has 1 aliphatic heterocycles. The fraction of sp³-hybridized carbons (Fsp3) is 0.294. The zero-order chi connectivity index (χ0) is 15.5. The van der Waals surface area contributed by atoms with Crippen LogP contribution < -0.4 is 9.80 Å². The maximum atomic E-state index is 13.8. The molecule has 2 nitrogen and oxygen atoms in total. The van der Waals surface area contributed by atoms with Gasteiger partial charge in [0.05, 0.1) is 41.9 Å². The second-order valence-corrected chi connectivity index (χ2v) is 6.43. The van der Waals surface area contributed by atoms with E-state index in [0.29, 0.717) is 15.7 Å². The molecule has 0 amide bonds. The Morgan fingerprint density at radius 1 is 1.00 bits per heavy atom. The Bertz CT molecular complexity index is 655. The molecule has 1 heterocycles. The largest absolute Gasteiger partial charge is 0.358 e. The van der Waals surface area contributed by atoms with Gasteiger partial charge in [-0.2, -0.15) is 0 Å². The van der Waals surface area contributed by atoms with Crippen LogP contribution in [0.15, 0.2) is 42.5 Å². The molecule has 3 rings (SSSR count). The molecule has 2 aromatic carbocycles. The molecule has 1 N–H and O–H groups in total. The molecule has 1 fully saturated rings. The summed E-state index contributed by atoms with van der Waals surface area (Å²) in [6.07, 6.45) is 0. The minimum absolute atomic E-state index is 0.143. The van der Waals surface area contributed by atoms with E-state index >= 15 is 0 Å². The van der Waals surface area contributed by atoms with Gasteiger partial charge in [0.1, 0.15) is 12.4 Å². The van der Waals surface area contributed by atoms with Crippen molar-refractivity contribution >= 4 is 28.9 Å². The predicted molar refractivity (Wildman–Crippen MR) is 89.5 cm³/mol. The highest BCUT2D eigenvalue weighted by Crippen LogP contribution is 2.22. The van der Waals surface area contributed by atoms with E-state index in [1.165, 1.54) is 16.5 Å². The number of rotatable bonds is 3. The standard InChI is InChI=1S/C17H17Cl2FN2/c18-14-6-5-13(11-15(14)19)12-21-7-9-22(10-8-21)17-4-2-1-3-16(17)20/h1-6,11H,7-10,12H2/p+1. The molecule has 0 aliphatic carbocycles. The summed E-state index contributed by atoms with van der Waals surface area (Å²) < 4.78 is 13.8. The number of benzene rings is 2. The van der Waals surface area contributed by atoms with Gasteiger partial charge in [-0.25, -0.2) is 4.39 Å². The molecule has 0 aromatic heterocycles. The molecule has 0 atom stereocenters. The molecule has 0 bridgehead atoms. The smallest absolute Gasteiger partial charge is 0.146 e. The van der Waals surface area contributed by atoms with Crippen molar-refractivity contribution in [2.24, 2.45) is 0 Å². The number of nitrogens with zero attached hydrogens (tertiary/aromatic N) is 1. The summed E-state index contributed by atoms with van der Waals surface area (Å²) in [5.74, 6) is -0.143. The molecule has 0 unspecified atom stereocenters. The summed E-state index contributed by atoms with van der Waals surface area (Å²) >= 11 is 12.0. The minimum atomic E-state index is -0.143. The first-order valence-electron chi connectivity index (χ1n) is 7.40. The third kappa shape index (κ3) is 3.54. The average molecular weight is 340 g/mol. The molecule has 22 heavy (non-hydrogen) atoms. The van der Waals surface area contributed by atoms with Crippen LogP contribution in [0.5, 0.6) is 0 Å². The average Bonchev–Trinajstić information content (AvgIpc) is 2.52. The molecule has 0 saturated carbocycles. The number of hydrogen-bond donors (Lipinski definition) is 1. The maximum absolute atomic E-state index is 13.8. The molecule has 5 heteroatoms. The highest BCUT2D eigenvalue weighted by atomic mass is 35.5. The van der Waals surface area contributed by atoms with Crippen molar-refractivity contribution in [2.75, 3.05) is 31.1 Å². The van der Waals surface area contributed by atoms with Crippen LogP contribution in [0.25, 0.3) is 0 Å². The number of anilines is 1. The van der Waals surface area contributed by atoms with E-state index in [2.05, 4.69) is 4.90 Å². The van der Waals surface area contributed by atoms with E-state index in [-0.39, 0.29) is 5.82 Å². The van der Waals surface area contributed by atoms with Crippen LogP contribution in [0.1, 0.15) is 5.56 Å². The Labute approximate surface area is 140 Å². The molecule has 1 saturated heterocycles. The summed E-state index contributed by atoms with van der Waals surface area (Å²) in [7, 11) is 0. The van der Waals surface area contributed by atoms with Crippen LogP contribution in [0.4, 0.5) is 10.1 Å². The molecule has 2 aromatic rings. The van der Waals surface area contributed by atoms with Crippen LogP contribution in [0, 0.1) is 5.82 Å². The highest BCUT2D eigenvalue weighted by molar-refractivity contribution is 6.42. The molecular weight excluding hydrogens is 322 g/mol. The SMILES string of the molecule is Fc1ccccc1N1CC[NH+](Cc2ccc(Cl)c(Cl)c2)CC1. The lowest BCUT2D eigenvalue weighted by molar-refractivity contribution is -0.914. The fourth-order valence-corrected chi connectivity index (χ4v) is 3.21. The second-order valence-electron chi connectivity index (χ2n) is 5.61. The zero-order valence-electron chi connectivity index (χ0n) is 12.2. The Balaban J connectivity index is 1.60. The Morgan fingerprint density at radius 2 is 1.73 bits per heavy atom. The number of piperazine rings is 1. The maximum Gasteiger partial charge on any atom is 0.146 e. The van der Waals surface area contributed by atoms with Gasteiger partial charge in [0, 0.05) is 5.56 Å². The zero-order valence-corrected chi connectivity index (χ0v) is 13.7. The van der Waals surface area contributed by atoms with Crippen LogP contribution in [-0.2, 0) is 6.54 Å². The normalized spacial score (nSPS) is 16.0. The van der Waals surface area contributed by atoms with Gasteiger partial charge in [-0.15, -0.1) is 0 Å². The second kappa shape index (κ2) is 6.86. The van der Waals surface area contributed by atoms with Crippen molar-refractivity contribution in [3.05, 3.63) is 63.9 Å². The van der Waals surface area contributed by atoms with Gasteiger partial charge in [-0.1, -0.05) is 41.4 Å². The lowest BCUT2D eigenvalue weighted by Crippen LogP contribution is -3.13. The molecule has 116 valence electrons. The van der Waals surface area contributed by atoms with Gasteiger partial charge in [0.25, 0.3) is 0 Å². The minimum Gasteiger partial charge on any atom is -0.358 e. The molecular formula is C17H18Cl2FN2+. The van der Waals surface area contributed by atoms with Crippen LogP contribution in [0.2, 0.25) is 10.0 Å².